The molecule has 0 N–H and O–H groups in total. The van der Waals surface area contributed by atoms with E-state index in [9.17, 15) is 4.79 Å². The molecular formula is C80H46N2O2S. The first-order valence-corrected chi connectivity index (χ1v) is 29.7. The smallest absolute Gasteiger partial charge is 0.263 e. The molecule has 0 aliphatic carbocycles. The number of nitrogens with zero attached hydrogens (tertiary/aromatic N) is 2. The topological polar surface area (TPSA) is 44.0 Å². The van der Waals surface area contributed by atoms with E-state index in [1.165, 1.54) is 59.2 Å². The summed E-state index contributed by atoms with van der Waals surface area (Å²) in [5.74, 6) is 0. The SMILES string of the molecule is O=c1c2ccccc2c2ccccc2n1-c1cccc(-c2cccc(-c3ccc4c5ccccc5c5c(-c6ccc7c(c6)-n6c(=O)c8ccccc8c8cc(-c9ccc%10c%11ccccc%11c%11ccccc%11c%10c9)cc(c86)S7)cccc5c4c3)c2)c1. The van der Waals surface area contributed by atoms with Crippen molar-refractivity contribution >= 4 is 120 Å². The van der Waals surface area contributed by atoms with Crippen LogP contribution in [0.5, 0.6) is 0 Å². The first-order chi connectivity index (χ1) is 42.0. The first-order valence-electron chi connectivity index (χ1n) is 28.9. The van der Waals surface area contributed by atoms with Gasteiger partial charge >= 0.3 is 0 Å². The molecule has 5 heteroatoms. The summed E-state index contributed by atoms with van der Waals surface area (Å²) in [5, 5.41) is 19.9. The van der Waals surface area contributed by atoms with Crippen LogP contribution in [0.1, 0.15) is 0 Å². The van der Waals surface area contributed by atoms with Crippen molar-refractivity contribution in [1.29, 1.82) is 0 Å². The maximum absolute atomic E-state index is 15.2. The van der Waals surface area contributed by atoms with E-state index in [2.05, 4.69) is 206 Å². The number of rotatable bonds is 5. The predicted octanol–water partition coefficient (Wildman–Crippen LogP) is 20.7. The van der Waals surface area contributed by atoms with Crippen LogP contribution in [0.25, 0.3) is 164 Å². The molecule has 85 heavy (non-hydrogen) atoms. The third-order valence-corrected chi connectivity index (χ3v) is 19.1. The van der Waals surface area contributed by atoms with E-state index in [0.717, 1.165) is 104 Å². The third-order valence-electron chi connectivity index (χ3n) is 18.0. The summed E-state index contributed by atoms with van der Waals surface area (Å²) in [6, 6.07) is 99.2. The van der Waals surface area contributed by atoms with E-state index in [1.807, 2.05) is 81.9 Å². The predicted molar refractivity (Wildman–Crippen MR) is 359 cm³/mol. The molecule has 0 spiro atoms. The molecule has 0 bridgehead atoms. The average molecular weight is 1100 g/mol. The minimum absolute atomic E-state index is 0.0208. The van der Waals surface area contributed by atoms with Gasteiger partial charge in [0.2, 0.25) is 0 Å². The fourth-order valence-corrected chi connectivity index (χ4v) is 15.3. The van der Waals surface area contributed by atoms with Gasteiger partial charge in [0, 0.05) is 37.0 Å². The van der Waals surface area contributed by atoms with Crippen LogP contribution in [0.4, 0.5) is 0 Å². The Morgan fingerprint density at radius 3 is 1.33 bits per heavy atom. The number of aromatic nitrogens is 2. The monoisotopic (exact) mass is 1100 g/mol. The van der Waals surface area contributed by atoms with Gasteiger partial charge in [-0.3, -0.25) is 18.7 Å². The van der Waals surface area contributed by atoms with E-state index < -0.39 is 0 Å². The second-order valence-electron chi connectivity index (χ2n) is 22.6. The van der Waals surface area contributed by atoms with Crippen LogP contribution in [0, 0.1) is 0 Å². The van der Waals surface area contributed by atoms with Crippen molar-refractivity contribution in [1.82, 2.24) is 9.13 Å². The lowest BCUT2D eigenvalue weighted by atomic mass is 9.88. The molecule has 4 nitrogen and oxygen atoms in total. The van der Waals surface area contributed by atoms with E-state index >= 15 is 4.79 Å². The minimum atomic E-state index is -0.0344. The summed E-state index contributed by atoms with van der Waals surface area (Å²) in [5.41, 5.74) is 12.2. The molecule has 0 fully saturated rings. The standard InChI is InChI=1S/C80H46N2O2S/c83-79-68-29-9-6-25-61(68)65-27-11-12-33-73(65)81(79)54-19-14-18-49(41-54)47-16-13-17-48(40-47)50-34-37-64-59-23-5-8-28-66(59)77-55(31-15-32-67(77)71(64)42-50)52-36-39-75-74(45-52)82-78-72(62-26-7-10-30-69(62)80(82)84)44-53(46-76(78)85-75)51-35-38-63-58-22-2-1-20-56(58)57-21-3-4-24-60(57)70(63)43-51/h1-46H. The molecule has 17 aromatic rings. The number of para-hydroxylation sites is 1. The van der Waals surface area contributed by atoms with Crippen LogP contribution in [-0.2, 0) is 0 Å². The average Bonchev–Trinajstić information content (AvgIpc) is 2.33. The lowest BCUT2D eigenvalue weighted by Crippen LogP contribution is -2.22. The molecule has 3 heterocycles. The van der Waals surface area contributed by atoms with Gasteiger partial charge in [0.05, 0.1) is 16.7 Å². The number of hydrogen-bond donors (Lipinski definition) is 0. The van der Waals surface area contributed by atoms with E-state index in [4.69, 9.17) is 0 Å². The zero-order valence-electron chi connectivity index (χ0n) is 45.7. The zero-order chi connectivity index (χ0) is 56.0. The quantitative estimate of drug-likeness (QED) is 0.161. The van der Waals surface area contributed by atoms with Crippen LogP contribution in [0.15, 0.2) is 298 Å². The Labute approximate surface area is 491 Å². The molecule has 1 aliphatic heterocycles. The highest BCUT2D eigenvalue weighted by Crippen LogP contribution is 2.49. The van der Waals surface area contributed by atoms with Crippen LogP contribution in [-0.4, -0.2) is 9.13 Å². The largest absolute Gasteiger partial charge is 0.276 e. The molecule has 0 atom stereocenters. The number of hydrogen-bond acceptors (Lipinski definition) is 3. The Morgan fingerprint density at radius 1 is 0.247 bits per heavy atom. The normalized spacial score (nSPS) is 12.3. The molecule has 15 aromatic carbocycles. The minimum Gasteiger partial charge on any atom is -0.276 e. The second kappa shape index (κ2) is 18.3. The third kappa shape index (κ3) is 7.11. The van der Waals surface area contributed by atoms with Crippen LogP contribution >= 0.6 is 11.8 Å². The zero-order valence-corrected chi connectivity index (χ0v) is 46.5. The highest BCUT2D eigenvalue weighted by molar-refractivity contribution is 7.99. The Hall–Kier alpha value is -10.9. The van der Waals surface area contributed by atoms with Crippen molar-refractivity contribution < 1.29 is 0 Å². The highest BCUT2D eigenvalue weighted by atomic mass is 32.2. The van der Waals surface area contributed by atoms with Crippen LogP contribution in [0.3, 0.4) is 0 Å². The van der Waals surface area contributed by atoms with E-state index in [-0.39, 0.29) is 11.1 Å². The maximum Gasteiger partial charge on any atom is 0.263 e. The lowest BCUT2D eigenvalue weighted by molar-refractivity contribution is 1.00. The van der Waals surface area contributed by atoms with Crippen molar-refractivity contribution in [2.75, 3.05) is 0 Å². The van der Waals surface area contributed by atoms with Gasteiger partial charge in [-0.05, 0) is 193 Å². The number of pyridine rings is 2. The number of benzene rings is 15. The van der Waals surface area contributed by atoms with Crippen molar-refractivity contribution in [3.05, 3.63) is 300 Å². The summed E-state index contributed by atoms with van der Waals surface area (Å²) < 4.78 is 3.85. The number of fused-ring (bicyclic) bond motifs is 19. The Kier molecular flexibility index (Phi) is 10.3. The molecule has 394 valence electrons. The van der Waals surface area contributed by atoms with Gasteiger partial charge in [0.1, 0.15) is 0 Å². The van der Waals surface area contributed by atoms with Gasteiger partial charge in [-0.1, -0.05) is 218 Å². The maximum atomic E-state index is 15.2. The Balaban J connectivity index is 0.768. The van der Waals surface area contributed by atoms with Gasteiger partial charge in [-0.25, -0.2) is 0 Å². The summed E-state index contributed by atoms with van der Waals surface area (Å²) in [7, 11) is 0. The Morgan fingerprint density at radius 2 is 0.671 bits per heavy atom. The molecule has 1 aliphatic rings. The molecular weight excluding hydrogens is 1050 g/mol. The molecule has 0 unspecified atom stereocenters. The van der Waals surface area contributed by atoms with Gasteiger partial charge in [-0.2, -0.15) is 0 Å². The van der Waals surface area contributed by atoms with E-state index in [0.29, 0.717) is 10.8 Å². The highest BCUT2D eigenvalue weighted by Gasteiger charge is 2.26. The summed E-state index contributed by atoms with van der Waals surface area (Å²) in [6.45, 7) is 0. The molecule has 2 aromatic heterocycles. The summed E-state index contributed by atoms with van der Waals surface area (Å²) in [4.78, 5) is 31.6. The van der Waals surface area contributed by atoms with Crippen molar-refractivity contribution in [2.45, 2.75) is 9.79 Å². The fourth-order valence-electron chi connectivity index (χ4n) is 14.2. The van der Waals surface area contributed by atoms with Crippen LogP contribution < -0.4 is 11.1 Å². The molecule has 0 amide bonds. The van der Waals surface area contributed by atoms with Crippen LogP contribution in [0.2, 0.25) is 0 Å². The Bertz CT molecular complexity index is 5920. The molecule has 0 radical (unpaired) electrons. The second-order valence-corrected chi connectivity index (χ2v) is 23.6. The van der Waals surface area contributed by atoms with Gasteiger partial charge in [0.15, 0.2) is 0 Å². The van der Waals surface area contributed by atoms with Crippen molar-refractivity contribution in [2.24, 2.45) is 0 Å². The molecule has 0 saturated carbocycles. The summed E-state index contributed by atoms with van der Waals surface area (Å²) in [6.07, 6.45) is 0. The molecule has 18 rings (SSSR count). The van der Waals surface area contributed by atoms with Crippen molar-refractivity contribution in [3.8, 4) is 55.9 Å². The lowest BCUT2D eigenvalue weighted by Gasteiger charge is -2.25. The van der Waals surface area contributed by atoms with Crippen molar-refractivity contribution in [3.63, 3.8) is 0 Å². The fraction of sp³-hybridized carbons (Fsp3) is 0. The summed E-state index contributed by atoms with van der Waals surface area (Å²) >= 11 is 1.75. The molecule has 0 saturated heterocycles. The first kappa shape index (κ1) is 47.8. The van der Waals surface area contributed by atoms with Gasteiger partial charge in [-0.15, -0.1) is 0 Å². The van der Waals surface area contributed by atoms with Gasteiger partial charge < -0.3 is 0 Å². The van der Waals surface area contributed by atoms with Gasteiger partial charge in [0.25, 0.3) is 11.1 Å². The van der Waals surface area contributed by atoms with E-state index in [1.54, 1.807) is 11.8 Å².